The molecule has 2 aromatic rings. The monoisotopic (exact) mass is 387 g/mol. The van der Waals surface area contributed by atoms with Crippen molar-refractivity contribution in [2.75, 3.05) is 26.7 Å². The average molecular weight is 387 g/mol. The number of hydrogen-bond acceptors (Lipinski definition) is 5. The van der Waals surface area contributed by atoms with E-state index < -0.39 is 6.10 Å². The molecule has 0 radical (unpaired) electrons. The molecule has 2 aliphatic rings. The number of halogens is 1. The normalized spacial score (nSPS) is 25.5. The summed E-state index contributed by atoms with van der Waals surface area (Å²) in [4.78, 5) is 2.29. The van der Waals surface area contributed by atoms with Crippen LogP contribution in [0.5, 0.6) is 17.2 Å². The molecule has 1 aliphatic heterocycles. The lowest BCUT2D eigenvalue weighted by Gasteiger charge is -2.22. The SMILES string of the molecule is COc1ccc(F)c(OC2C[C@@H]3CN(CC(O)c4ccc(O)cc4)C[C@@H]3C2)c1. The third kappa shape index (κ3) is 4.08. The number of aliphatic hydroxyl groups is 1. The summed E-state index contributed by atoms with van der Waals surface area (Å²) >= 11 is 0. The molecule has 2 unspecified atom stereocenters. The van der Waals surface area contributed by atoms with Crippen LogP contribution in [0.3, 0.4) is 0 Å². The van der Waals surface area contributed by atoms with E-state index in [0.29, 0.717) is 24.1 Å². The summed E-state index contributed by atoms with van der Waals surface area (Å²) in [7, 11) is 1.55. The van der Waals surface area contributed by atoms with Crippen LogP contribution in [-0.4, -0.2) is 48.0 Å². The summed E-state index contributed by atoms with van der Waals surface area (Å²) in [5, 5.41) is 19.8. The first-order chi connectivity index (χ1) is 13.5. The Morgan fingerprint density at radius 1 is 1.11 bits per heavy atom. The Morgan fingerprint density at radius 2 is 1.79 bits per heavy atom. The number of fused-ring (bicyclic) bond motifs is 1. The maximum atomic E-state index is 14.0. The predicted octanol–water partition coefficient (Wildman–Crippen LogP) is 3.36. The topological polar surface area (TPSA) is 62.2 Å². The van der Waals surface area contributed by atoms with E-state index in [9.17, 15) is 14.6 Å². The smallest absolute Gasteiger partial charge is 0.165 e. The first-order valence-electron chi connectivity index (χ1n) is 9.71. The number of rotatable bonds is 6. The quantitative estimate of drug-likeness (QED) is 0.796. The standard InChI is InChI=1S/C22H26FNO4/c1-27-18-6-7-20(23)22(10-18)28-19-8-15-11-24(12-16(15)9-19)13-21(26)14-2-4-17(25)5-3-14/h2-7,10,15-16,19,21,25-26H,8-9,11-13H2,1H3/t15-,16+,19?,21?. The van der Waals surface area contributed by atoms with Crippen molar-refractivity contribution in [2.45, 2.75) is 25.0 Å². The molecular formula is C22H26FNO4. The van der Waals surface area contributed by atoms with Crippen LogP contribution in [0.1, 0.15) is 24.5 Å². The molecule has 2 aromatic carbocycles. The molecule has 1 saturated heterocycles. The maximum Gasteiger partial charge on any atom is 0.165 e. The van der Waals surface area contributed by atoms with E-state index in [2.05, 4.69) is 4.90 Å². The number of phenols is 1. The average Bonchev–Trinajstić information content (AvgIpc) is 3.21. The second-order valence-electron chi connectivity index (χ2n) is 7.85. The third-order valence-corrected chi connectivity index (χ3v) is 5.92. The fraction of sp³-hybridized carbons (Fsp3) is 0.455. The van der Waals surface area contributed by atoms with Crippen LogP contribution >= 0.6 is 0 Å². The number of β-amino-alcohol motifs (C(OH)–C–C–N with tert-alkyl or cyclic N) is 1. The molecule has 0 aromatic heterocycles. The summed E-state index contributed by atoms with van der Waals surface area (Å²) in [6.07, 6.45) is 1.23. The van der Waals surface area contributed by atoms with E-state index in [1.54, 1.807) is 43.5 Å². The molecular weight excluding hydrogens is 361 g/mol. The Bertz CT molecular complexity index is 799. The van der Waals surface area contributed by atoms with Crippen molar-refractivity contribution in [3.05, 3.63) is 53.8 Å². The molecule has 0 spiro atoms. The minimum atomic E-state index is -0.572. The molecule has 4 atom stereocenters. The third-order valence-electron chi connectivity index (χ3n) is 5.92. The first-order valence-corrected chi connectivity index (χ1v) is 9.71. The van der Waals surface area contributed by atoms with Gasteiger partial charge in [0.25, 0.3) is 0 Å². The van der Waals surface area contributed by atoms with Crippen molar-refractivity contribution < 1.29 is 24.1 Å². The van der Waals surface area contributed by atoms with E-state index in [1.165, 1.54) is 6.07 Å². The van der Waals surface area contributed by atoms with Gasteiger partial charge >= 0.3 is 0 Å². The fourth-order valence-corrected chi connectivity index (χ4v) is 4.51. The second kappa shape index (κ2) is 7.97. The van der Waals surface area contributed by atoms with E-state index in [-0.39, 0.29) is 23.4 Å². The molecule has 1 aliphatic carbocycles. The maximum absolute atomic E-state index is 14.0. The first kappa shape index (κ1) is 19.0. The fourth-order valence-electron chi connectivity index (χ4n) is 4.51. The number of aliphatic hydroxyl groups excluding tert-OH is 1. The predicted molar refractivity (Wildman–Crippen MR) is 103 cm³/mol. The Hall–Kier alpha value is -2.31. The summed E-state index contributed by atoms with van der Waals surface area (Å²) in [6, 6.07) is 11.3. The number of aromatic hydroxyl groups is 1. The Morgan fingerprint density at radius 3 is 2.43 bits per heavy atom. The highest BCUT2D eigenvalue weighted by Crippen LogP contribution is 2.41. The Kier molecular flexibility index (Phi) is 5.42. The van der Waals surface area contributed by atoms with Gasteiger partial charge in [-0.05, 0) is 54.5 Å². The van der Waals surface area contributed by atoms with Crippen molar-refractivity contribution in [1.29, 1.82) is 0 Å². The van der Waals surface area contributed by atoms with Gasteiger partial charge in [-0.2, -0.15) is 0 Å². The van der Waals surface area contributed by atoms with Gasteiger partial charge in [0.05, 0.1) is 19.3 Å². The molecule has 1 saturated carbocycles. The van der Waals surface area contributed by atoms with Gasteiger partial charge in [0.15, 0.2) is 11.6 Å². The largest absolute Gasteiger partial charge is 0.508 e. The number of nitrogens with zero attached hydrogens (tertiary/aromatic N) is 1. The summed E-state index contributed by atoms with van der Waals surface area (Å²) in [5.41, 5.74) is 0.810. The van der Waals surface area contributed by atoms with Crippen LogP contribution in [-0.2, 0) is 0 Å². The molecule has 1 heterocycles. The number of benzene rings is 2. The van der Waals surface area contributed by atoms with E-state index in [4.69, 9.17) is 9.47 Å². The highest BCUT2D eigenvalue weighted by molar-refractivity contribution is 5.34. The Labute approximate surface area is 164 Å². The van der Waals surface area contributed by atoms with Crippen LogP contribution in [0.15, 0.2) is 42.5 Å². The number of ether oxygens (including phenoxy) is 2. The minimum absolute atomic E-state index is 0.0146. The van der Waals surface area contributed by atoms with E-state index >= 15 is 0 Å². The number of phenolic OH excluding ortho intramolecular Hbond substituents is 1. The van der Waals surface area contributed by atoms with Crippen molar-refractivity contribution >= 4 is 0 Å². The lowest BCUT2D eigenvalue weighted by atomic mass is 10.0. The van der Waals surface area contributed by atoms with Gasteiger partial charge < -0.3 is 19.7 Å². The molecule has 0 amide bonds. The van der Waals surface area contributed by atoms with Gasteiger partial charge in [-0.3, -0.25) is 4.90 Å². The van der Waals surface area contributed by atoms with E-state index in [0.717, 1.165) is 31.5 Å². The van der Waals surface area contributed by atoms with E-state index in [1.807, 2.05) is 0 Å². The zero-order chi connectivity index (χ0) is 19.7. The highest BCUT2D eigenvalue weighted by Gasteiger charge is 2.42. The second-order valence-corrected chi connectivity index (χ2v) is 7.85. The molecule has 28 heavy (non-hydrogen) atoms. The lowest BCUT2D eigenvalue weighted by molar-refractivity contribution is 0.115. The molecule has 4 rings (SSSR count). The minimum Gasteiger partial charge on any atom is -0.508 e. The van der Waals surface area contributed by atoms with Gasteiger partial charge in [-0.25, -0.2) is 4.39 Å². The zero-order valence-corrected chi connectivity index (χ0v) is 15.9. The van der Waals surface area contributed by atoms with Gasteiger partial charge in [0.1, 0.15) is 11.5 Å². The van der Waals surface area contributed by atoms with Crippen molar-refractivity contribution in [3.8, 4) is 17.2 Å². The van der Waals surface area contributed by atoms with Crippen LogP contribution in [0.2, 0.25) is 0 Å². The number of methoxy groups -OCH3 is 1. The van der Waals surface area contributed by atoms with Gasteiger partial charge in [-0.15, -0.1) is 0 Å². The van der Waals surface area contributed by atoms with Crippen LogP contribution in [0, 0.1) is 17.7 Å². The summed E-state index contributed by atoms with van der Waals surface area (Å²) in [5.74, 6) is 1.69. The van der Waals surface area contributed by atoms with Crippen LogP contribution in [0.4, 0.5) is 4.39 Å². The summed E-state index contributed by atoms with van der Waals surface area (Å²) in [6.45, 7) is 2.41. The molecule has 150 valence electrons. The molecule has 5 nitrogen and oxygen atoms in total. The molecule has 6 heteroatoms. The Balaban J connectivity index is 1.30. The van der Waals surface area contributed by atoms with Crippen LogP contribution in [0.25, 0.3) is 0 Å². The number of hydrogen-bond donors (Lipinski definition) is 2. The number of likely N-dealkylation sites (tertiary alicyclic amines) is 1. The molecule has 0 bridgehead atoms. The molecule has 2 fully saturated rings. The highest BCUT2D eigenvalue weighted by atomic mass is 19.1. The summed E-state index contributed by atoms with van der Waals surface area (Å²) < 4.78 is 25.1. The van der Waals surface area contributed by atoms with Crippen LogP contribution < -0.4 is 9.47 Å². The lowest BCUT2D eigenvalue weighted by Crippen LogP contribution is -2.29. The van der Waals surface area contributed by atoms with Gasteiger partial charge in [0.2, 0.25) is 0 Å². The molecule has 2 N–H and O–H groups in total. The van der Waals surface area contributed by atoms with Crippen molar-refractivity contribution in [1.82, 2.24) is 4.90 Å². The van der Waals surface area contributed by atoms with Crippen molar-refractivity contribution in [2.24, 2.45) is 11.8 Å². The van der Waals surface area contributed by atoms with Gasteiger partial charge in [0, 0.05) is 25.7 Å². The van der Waals surface area contributed by atoms with Crippen molar-refractivity contribution in [3.63, 3.8) is 0 Å². The van der Waals surface area contributed by atoms with Gasteiger partial charge in [-0.1, -0.05) is 12.1 Å². The zero-order valence-electron chi connectivity index (χ0n) is 15.9.